The van der Waals surface area contributed by atoms with Gasteiger partial charge in [-0.3, -0.25) is 0 Å². The molecule has 3 aromatic heterocycles. The molecule has 3 nitrogen and oxygen atoms in total. The van der Waals surface area contributed by atoms with Crippen LogP contribution in [-0.4, -0.2) is 17.2 Å². The van der Waals surface area contributed by atoms with Crippen molar-refractivity contribution in [2.75, 3.05) is 0 Å². The number of fused-ring (bicyclic) bond motifs is 10. The molecule has 3 heterocycles. The zero-order valence-electron chi connectivity index (χ0n) is 57.4. The standard InChI is InChI=1S/C54H36N2OSi/c1-4-18-38(19-5-1)58(39-20-6-2-7-21-39,40-22-8-3-9-23-40)41-34-32-37(33-35-41)55-47-28-14-12-26-44(47)46-36-50(54-52(53(46)55)45-27-13-17-31-51(45)57-54)56-48-29-15-10-24-42(48)43-25-11-16-30-49(43)56/h1-36H/i1D,2D,3D,4D,5D,6D,7D,8D,9D,10D,11D,15D,16D,18D,19D,20D,21D,22D,23D,24D,25D,29D,30D,32D,33D,34D,35D,36D. The van der Waals surface area contributed by atoms with E-state index in [1.165, 1.54) is 28.8 Å². The average Bonchev–Trinajstić information content (AvgIpc) is 1.13. The number of aromatic nitrogens is 2. The molecule has 0 aliphatic heterocycles. The van der Waals surface area contributed by atoms with Crippen LogP contribution in [0.25, 0.3) is 76.9 Å². The first-order chi connectivity index (χ1) is 40.4. The highest BCUT2D eigenvalue weighted by Crippen LogP contribution is 2.45. The van der Waals surface area contributed by atoms with Crippen molar-refractivity contribution in [1.82, 2.24) is 9.13 Å². The summed E-state index contributed by atoms with van der Waals surface area (Å²) in [5.41, 5.74) is -1.86. The summed E-state index contributed by atoms with van der Waals surface area (Å²) in [4.78, 5) is 0. The minimum atomic E-state index is -6.26. The van der Waals surface area contributed by atoms with Crippen molar-refractivity contribution in [3.05, 3.63) is 218 Å². The molecule has 12 aromatic rings. The van der Waals surface area contributed by atoms with Crippen LogP contribution in [0.1, 0.15) is 38.4 Å². The summed E-state index contributed by atoms with van der Waals surface area (Å²) in [5, 5.41) is -4.47. The SMILES string of the molecule is [2H]c1c([2H])c([2H])c([Si](c2c([2H])c([2H])c([2H])c([2H])c2[2H])(c2c([2H])c([2H])c([2H])c([2H])c2[2H])c2c([2H])c([2H])c(-n3c4ccccc4c4c([2H])c(-n5c6c([2H])c([2H])c([2H])c([2H])c6c6c([2H])c([2H])c([2H])c([2H])c65)c5oc6ccccc6c5c43)c([2H])c2[2H])c([2H])c1[2H]. The molecule has 0 fully saturated rings. The summed E-state index contributed by atoms with van der Waals surface area (Å²) in [7, 11) is -6.26. The van der Waals surface area contributed by atoms with Crippen molar-refractivity contribution >= 4 is 94.4 Å². The van der Waals surface area contributed by atoms with Gasteiger partial charge in [0.15, 0.2) is 13.7 Å². The van der Waals surface area contributed by atoms with Crippen molar-refractivity contribution in [3.63, 3.8) is 0 Å². The lowest BCUT2D eigenvalue weighted by molar-refractivity contribution is 0.666. The van der Waals surface area contributed by atoms with Gasteiger partial charge in [-0.05, 0) is 63.1 Å². The Kier molecular flexibility index (Phi) is 3.43. The van der Waals surface area contributed by atoms with E-state index in [0.29, 0.717) is 0 Å². The summed E-state index contributed by atoms with van der Waals surface area (Å²) >= 11 is 0. The lowest BCUT2D eigenvalue weighted by Gasteiger charge is -2.34. The molecule has 0 saturated heterocycles. The van der Waals surface area contributed by atoms with Crippen LogP contribution in [0.5, 0.6) is 0 Å². The second-order valence-corrected chi connectivity index (χ2v) is 16.6. The summed E-state index contributed by atoms with van der Waals surface area (Å²) in [5.74, 6) is 0. The van der Waals surface area contributed by atoms with Crippen LogP contribution in [0.15, 0.2) is 222 Å². The molecular weight excluding hydrogens is 721 g/mol. The molecule has 0 spiro atoms. The van der Waals surface area contributed by atoms with Crippen LogP contribution < -0.4 is 20.7 Å². The van der Waals surface area contributed by atoms with Crippen LogP contribution in [0, 0.1) is 0 Å². The first kappa shape index (κ1) is 15.5. The van der Waals surface area contributed by atoms with Gasteiger partial charge in [-0.2, -0.15) is 0 Å². The Hall–Kier alpha value is -7.40. The molecule has 0 radical (unpaired) electrons. The fourth-order valence-corrected chi connectivity index (χ4v) is 11.4. The van der Waals surface area contributed by atoms with Gasteiger partial charge in [0.2, 0.25) is 0 Å². The predicted molar refractivity (Wildman–Crippen MR) is 246 cm³/mol. The van der Waals surface area contributed by atoms with Crippen molar-refractivity contribution in [1.29, 1.82) is 0 Å². The highest BCUT2D eigenvalue weighted by molar-refractivity contribution is 7.19. The lowest BCUT2D eigenvalue weighted by Crippen LogP contribution is -2.74. The minimum absolute atomic E-state index is 0.0384. The Morgan fingerprint density at radius 3 is 1.52 bits per heavy atom. The van der Waals surface area contributed by atoms with Crippen molar-refractivity contribution < 1.29 is 42.8 Å². The molecular formula is C54H36N2OSi. The topological polar surface area (TPSA) is 23.0 Å². The number of hydrogen-bond acceptors (Lipinski definition) is 1. The molecule has 0 bridgehead atoms. The number of furan rings is 1. The maximum absolute atomic E-state index is 10.4. The van der Waals surface area contributed by atoms with Gasteiger partial charge < -0.3 is 13.6 Å². The van der Waals surface area contributed by atoms with Crippen LogP contribution >= 0.6 is 0 Å². The van der Waals surface area contributed by atoms with E-state index in [2.05, 4.69) is 0 Å². The van der Waals surface area contributed by atoms with E-state index < -0.39 is 204 Å². The van der Waals surface area contributed by atoms with Crippen molar-refractivity contribution in [2.24, 2.45) is 0 Å². The molecule has 0 aliphatic carbocycles. The molecule has 0 unspecified atom stereocenters. The smallest absolute Gasteiger partial charge is 0.179 e. The van der Waals surface area contributed by atoms with E-state index in [4.69, 9.17) is 25.0 Å². The third-order valence-corrected chi connectivity index (χ3v) is 14.3. The van der Waals surface area contributed by atoms with E-state index in [1.807, 2.05) is 0 Å². The molecule has 0 amide bonds. The fourth-order valence-electron chi connectivity index (χ4n) is 7.93. The molecule has 0 saturated carbocycles. The van der Waals surface area contributed by atoms with Gasteiger partial charge in [0.1, 0.15) is 5.58 Å². The van der Waals surface area contributed by atoms with E-state index in [0.717, 1.165) is 4.57 Å². The Bertz CT molecular complexity index is 4820. The monoisotopic (exact) mass is 784 g/mol. The average molecular weight is 785 g/mol. The van der Waals surface area contributed by atoms with E-state index in [1.54, 1.807) is 24.3 Å². The number of rotatable bonds is 6. The first-order valence-corrected chi connectivity index (χ1v) is 19.7. The van der Waals surface area contributed by atoms with Gasteiger partial charge in [-0.1, -0.05) is 175 Å². The van der Waals surface area contributed by atoms with Gasteiger partial charge in [-0.25, -0.2) is 0 Å². The summed E-state index contributed by atoms with van der Waals surface area (Å²) in [6.45, 7) is 0. The summed E-state index contributed by atoms with van der Waals surface area (Å²) in [6.07, 6.45) is 0. The van der Waals surface area contributed by atoms with Gasteiger partial charge in [-0.15, -0.1) is 0 Å². The highest BCUT2D eigenvalue weighted by Gasteiger charge is 2.41. The third kappa shape index (κ3) is 4.61. The number of benzene rings is 9. The second-order valence-electron chi connectivity index (χ2n) is 13.1. The van der Waals surface area contributed by atoms with Gasteiger partial charge in [0, 0.05) is 32.6 Å². The Morgan fingerprint density at radius 1 is 0.414 bits per heavy atom. The molecule has 4 heteroatoms. The zero-order chi connectivity index (χ0) is 62.6. The normalized spacial score (nSPS) is 18.9. The minimum Gasteiger partial charge on any atom is -0.454 e. The maximum Gasteiger partial charge on any atom is 0.179 e. The first-order valence-electron chi connectivity index (χ1n) is 31.7. The Balaban J connectivity index is 1.34. The Labute approximate surface area is 375 Å². The summed E-state index contributed by atoms with van der Waals surface area (Å²) in [6, 6.07) is -15.3. The van der Waals surface area contributed by atoms with Crippen molar-refractivity contribution in [3.8, 4) is 11.4 Å². The van der Waals surface area contributed by atoms with Gasteiger partial charge in [0.25, 0.3) is 0 Å². The fraction of sp³-hybridized carbons (Fsp3) is 0. The highest BCUT2D eigenvalue weighted by atomic mass is 28.3. The number of para-hydroxylation sites is 4. The van der Waals surface area contributed by atoms with Crippen LogP contribution in [0.3, 0.4) is 0 Å². The molecule has 0 atom stereocenters. The third-order valence-electron chi connectivity index (χ3n) is 10.3. The predicted octanol–water partition coefficient (Wildman–Crippen LogP) is 11.2. The molecule has 58 heavy (non-hydrogen) atoms. The van der Waals surface area contributed by atoms with Crippen LogP contribution in [0.4, 0.5) is 0 Å². The van der Waals surface area contributed by atoms with E-state index in [-0.39, 0.29) is 71.2 Å². The molecule has 0 N–H and O–H groups in total. The molecule has 12 rings (SSSR count). The molecule has 0 aliphatic rings. The van der Waals surface area contributed by atoms with Crippen molar-refractivity contribution in [2.45, 2.75) is 0 Å². The van der Waals surface area contributed by atoms with Gasteiger partial charge >= 0.3 is 0 Å². The zero-order valence-corrected chi connectivity index (χ0v) is 30.4. The maximum atomic E-state index is 10.4. The van der Waals surface area contributed by atoms with E-state index >= 15 is 0 Å². The lowest BCUT2D eigenvalue weighted by atomic mass is 10.1. The molecule has 9 aromatic carbocycles. The van der Waals surface area contributed by atoms with Crippen LogP contribution in [-0.2, 0) is 0 Å². The summed E-state index contributed by atoms with van der Waals surface area (Å²) < 4.78 is 269. The number of hydrogen-bond donors (Lipinski definition) is 0. The van der Waals surface area contributed by atoms with Crippen LogP contribution in [0.2, 0.25) is 0 Å². The Morgan fingerprint density at radius 2 is 0.914 bits per heavy atom. The van der Waals surface area contributed by atoms with Gasteiger partial charge in [0.05, 0.1) is 71.5 Å². The molecule has 272 valence electrons. The quantitative estimate of drug-likeness (QED) is 0.122. The van der Waals surface area contributed by atoms with E-state index in [9.17, 15) is 17.8 Å². The number of nitrogens with zero attached hydrogens (tertiary/aromatic N) is 2. The largest absolute Gasteiger partial charge is 0.454 e. The second kappa shape index (κ2) is 12.8.